The third-order valence-electron chi connectivity index (χ3n) is 4.32. The minimum Gasteiger partial charge on any atom is -0.338 e. The fraction of sp³-hybridized carbons (Fsp3) is 0.136. The number of carbonyl (C=O) groups is 1. The first-order valence-electron chi connectivity index (χ1n) is 8.74. The summed E-state index contributed by atoms with van der Waals surface area (Å²) >= 11 is 12.1. The molecule has 3 aromatic carbocycles. The first kappa shape index (κ1) is 19.3. The highest BCUT2D eigenvalue weighted by molar-refractivity contribution is 6.43. The Labute approximate surface area is 169 Å². The van der Waals surface area contributed by atoms with Crippen molar-refractivity contribution in [1.29, 1.82) is 0 Å². The zero-order chi connectivity index (χ0) is 19.1. The Kier molecular flexibility index (Phi) is 6.74. The standard InChI is InChI=1S/C22H20Cl2N2O/c23-19-12-7-13-20(21(19)24)26-22(27)25-15-14-18(16-8-3-1-4-9-16)17-10-5-2-6-11-17/h1-13,18H,14-15H2,(H2,25,26,27). The van der Waals surface area contributed by atoms with Gasteiger partial charge >= 0.3 is 6.03 Å². The molecule has 0 radical (unpaired) electrons. The highest BCUT2D eigenvalue weighted by Crippen LogP contribution is 2.30. The summed E-state index contributed by atoms with van der Waals surface area (Å²) in [5.41, 5.74) is 2.94. The molecular weight excluding hydrogens is 379 g/mol. The molecule has 0 fully saturated rings. The quantitative estimate of drug-likeness (QED) is 0.499. The van der Waals surface area contributed by atoms with Gasteiger partial charge in [-0.05, 0) is 29.7 Å². The molecule has 2 N–H and O–H groups in total. The van der Waals surface area contributed by atoms with Crippen LogP contribution in [0.4, 0.5) is 10.5 Å². The molecule has 0 atom stereocenters. The van der Waals surface area contributed by atoms with Crippen molar-refractivity contribution >= 4 is 34.9 Å². The SMILES string of the molecule is O=C(NCCC(c1ccccc1)c1ccccc1)Nc1cccc(Cl)c1Cl. The van der Waals surface area contributed by atoms with Gasteiger partial charge in [0.1, 0.15) is 0 Å². The Hall–Kier alpha value is -2.49. The van der Waals surface area contributed by atoms with E-state index in [2.05, 4.69) is 34.9 Å². The van der Waals surface area contributed by atoms with Gasteiger partial charge in [0.05, 0.1) is 15.7 Å². The molecule has 0 aliphatic rings. The van der Waals surface area contributed by atoms with Crippen LogP contribution in [0, 0.1) is 0 Å². The van der Waals surface area contributed by atoms with Crippen LogP contribution in [-0.4, -0.2) is 12.6 Å². The largest absolute Gasteiger partial charge is 0.338 e. The number of hydrogen-bond donors (Lipinski definition) is 2. The lowest BCUT2D eigenvalue weighted by atomic mass is 9.88. The van der Waals surface area contributed by atoms with Crippen molar-refractivity contribution in [3.05, 3.63) is 100 Å². The topological polar surface area (TPSA) is 41.1 Å². The van der Waals surface area contributed by atoms with Gasteiger partial charge in [0.2, 0.25) is 0 Å². The summed E-state index contributed by atoms with van der Waals surface area (Å²) in [6.45, 7) is 0.526. The highest BCUT2D eigenvalue weighted by atomic mass is 35.5. The molecule has 5 heteroatoms. The molecule has 138 valence electrons. The molecule has 3 aromatic rings. The second kappa shape index (κ2) is 9.45. The lowest BCUT2D eigenvalue weighted by molar-refractivity contribution is 0.252. The molecule has 0 saturated carbocycles. The number of carbonyl (C=O) groups excluding carboxylic acids is 1. The van der Waals surface area contributed by atoms with Crippen LogP contribution >= 0.6 is 23.2 Å². The van der Waals surface area contributed by atoms with Crippen LogP contribution in [0.5, 0.6) is 0 Å². The highest BCUT2D eigenvalue weighted by Gasteiger charge is 2.14. The summed E-state index contributed by atoms with van der Waals surface area (Å²) in [5.74, 6) is 0.211. The first-order chi connectivity index (χ1) is 13.1. The van der Waals surface area contributed by atoms with Crippen LogP contribution < -0.4 is 10.6 Å². The summed E-state index contributed by atoms with van der Waals surface area (Å²) in [6, 6.07) is 25.4. The molecule has 0 saturated heterocycles. The number of anilines is 1. The predicted octanol–water partition coefficient (Wildman–Crippen LogP) is 6.34. The predicted molar refractivity (Wildman–Crippen MR) is 113 cm³/mol. The molecule has 3 nitrogen and oxygen atoms in total. The second-order valence-corrected chi connectivity index (χ2v) is 6.93. The molecular formula is C22H20Cl2N2O. The summed E-state index contributed by atoms with van der Waals surface area (Å²) in [6.07, 6.45) is 0.782. The van der Waals surface area contributed by atoms with Crippen molar-refractivity contribution in [1.82, 2.24) is 5.32 Å². The maximum atomic E-state index is 12.2. The number of rotatable bonds is 6. The van der Waals surface area contributed by atoms with E-state index in [1.807, 2.05) is 36.4 Å². The third kappa shape index (κ3) is 5.25. The average Bonchev–Trinajstić information content (AvgIpc) is 2.70. The number of nitrogens with one attached hydrogen (secondary N) is 2. The van der Waals surface area contributed by atoms with Crippen LogP contribution in [0.25, 0.3) is 0 Å². The number of halogens is 2. The Morgan fingerprint density at radius 1 is 0.815 bits per heavy atom. The van der Waals surface area contributed by atoms with Crippen molar-refractivity contribution in [2.75, 3.05) is 11.9 Å². The fourth-order valence-corrected chi connectivity index (χ4v) is 3.34. The van der Waals surface area contributed by atoms with E-state index in [9.17, 15) is 4.79 Å². The van der Waals surface area contributed by atoms with Crippen molar-refractivity contribution in [2.45, 2.75) is 12.3 Å². The van der Waals surface area contributed by atoms with Crippen molar-refractivity contribution < 1.29 is 4.79 Å². The summed E-state index contributed by atoms with van der Waals surface area (Å²) in [5, 5.41) is 6.37. The minimum atomic E-state index is -0.306. The average molecular weight is 399 g/mol. The Morgan fingerprint density at radius 3 is 2.00 bits per heavy atom. The molecule has 27 heavy (non-hydrogen) atoms. The minimum absolute atomic E-state index is 0.211. The second-order valence-electron chi connectivity index (χ2n) is 6.14. The van der Waals surface area contributed by atoms with Gasteiger partial charge in [0.25, 0.3) is 0 Å². The van der Waals surface area contributed by atoms with Gasteiger partial charge in [-0.1, -0.05) is 89.9 Å². The Balaban J connectivity index is 1.62. The number of urea groups is 1. The molecule has 2 amide bonds. The van der Waals surface area contributed by atoms with E-state index in [0.717, 1.165) is 6.42 Å². The number of amides is 2. The monoisotopic (exact) mass is 398 g/mol. The Bertz CT molecular complexity index is 846. The maximum Gasteiger partial charge on any atom is 0.319 e. The Morgan fingerprint density at radius 2 is 1.41 bits per heavy atom. The molecule has 3 rings (SSSR count). The molecule has 0 aliphatic carbocycles. The van der Waals surface area contributed by atoms with E-state index in [1.54, 1.807) is 18.2 Å². The summed E-state index contributed by atoms with van der Waals surface area (Å²) < 4.78 is 0. The number of hydrogen-bond acceptors (Lipinski definition) is 1. The maximum absolute atomic E-state index is 12.2. The smallest absolute Gasteiger partial charge is 0.319 e. The van der Waals surface area contributed by atoms with Gasteiger partial charge in [0.15, 0.2) is 0 Å². The van der Waals surface area contributed by atoms with Gasteiger partial charge in [-0.3, -0.25) is 0 Å². The van der Waals surface area contributed by atoms with Crippen molar-refractivity contribution in [3.63, 3.8) is 0 Å². The van der Waals surface area contributed by atoms with Crippen LogP contribution in [-0.2, 0) is 0 Å². The van der Waals surface area contributed by atoms with Crippen LogP contribution in [0.1, 0.15) is 23.5 Å². The molecule has 0 unspecified atom stereocenters. The van der Waals surface area contributed by atoms with Crippen molar-refractivity contribution in [3.8, 4) is 0 Å². The lowest BCUT2D eigenvalue weighted by Gasteiger charge is -2.18. The molecule has 0 heterocycles. The zero-order valence-corrected chi connectivity index (χ0v) is 16.2. The van der Waals surface area contributed by atoms with Crippen LogP contribution in [0.3, 0.4) is 0 Å². The summed E-state index contributed by atoms with van der Waals surface area (Å²) in [7, 11) is 0. The van der Waals surface area contributed by atoms with Gasteiger partial charge in [-0.25, -0.2) is 4.79 Å². The van der Waals surface area contributed by atoms with Crippen LogP contribution in [0.2, 0.25) is 10.0 Å². The fourth-order valence-electron chi connectivity index (χ4n) is 2.99. The molecule has 0 spiro atoms. The third-order valence-corrected chi connectivity index (χ3v) is 5.14. The van der Waals surface area contributed by atoms with E-state index in [-0.39, 0.29) is 11.9 Å². The van der Waals surface area contributed by atoms with Gasteiger partial charge in [0, 0.05) is 12.5 Å². The summed E-state index contributed by atoms with van der Waals surface area (Å²) in [4.78, 5) is 12.2. The number of benzene rings is 3. The first-order valence-corrected chi connectivity index (χ1v) is 9.49. The van der Waals surface area contributed by atoms with Gasteiger partial charge in [-0.2, -0.15) is 0 Å². The van der Waals surface area contributed by atoms with E-state index < -0.39 is 0 Å². The van der Waals surface area contributed by atoms with Crippen molar-refractivity contribution in [2.24, 2.45) is 0 Å². The van der Waals surface area contributed by atoms with Gasteiger partial charge < -0.3 is 10.6 Å². The lowest BCUT2D eigenvalue weighted by Crippen LogP contribution is -2.30. The zero-order valence-electron chi connectivity index (χ0n) is 14.7. The van der Waals surface area contributed by atoms with E-state index in [4.69, 9.17) is 23.2 Å². The van der Waals surface area contributed by atoms with Crippen LogP contribution in [0.15, 0.2) is 78.9 Å². The van der Waals surface area contributed by atoms with E-state index in [1.165, 1.54) is 11.1 Å². The normalized spacial score (nSPS) is 10.6. The van der Waals surface area contributed by atoms with E-state index >= 15 is 0 Å². The molecule has 0 aromatic heterocycles. The molecule has 0 aliphatic heterocycles. The van der Waals surface area contributed by atoms with E-state index in [0.29, 0.717) is 22.3 Å². The van der Waals surface area contributed by atoms with Gasteiger partial charge in [-0.15, -0.1) is 0 Å². The molecule has 0 bridgehead atoms.